The van der Waals surface area contributed by atoms with Gasteiger partial charge in [0.2, 0.25) is 0 Å². The van der Waals surface area contributed by atoms with E-state index in [0.717, 1.165) is 17.8 Å². The van der Waals surface area contributed by atoms with Gasteiger partial charge in [0.25, 0.3) is 0 Å². The van der Waals surface area contributed by atoms with E-state index in [9.17, 15) is 4.79 Å². The molecule has 1 aromatic rings. The van der Waals surface area contributed by atoms with E-state index in [1.807, 2.05) is 18.3 Å². The summed E-state index contributed by atoms with van der Waals surface area (Å²) in [6, 6.07) is 1.82. The number of carbonyl (C=O) groups is 1. The van der Waals surface area contributed by atoms with E-state index in [1.54, 1.807) is 6.92 Å². The smallest absolute Gasteiger partial charge is 0.354 e. The molecule has 0 aliphatic carbocycles. The average molecular weight is 192 g/mol. The van der Waals surface area contributed by atoms with Gasteiger partial charge in [-0.05, 0) is 30.8 Å². The summed E-state index contributed by atoms with van der Waals surface area (Å²) in [4.78, 5) is 14.4. The van der Waals surface area contributed by atoms with Crippen molar-refractivity contribution in [1.82, 2.24) is 10.3 Å². The molecule has 4 nitrogen and oxygen atoms in total. The number of hydrogen-bond donors (Lipinski definition) is 2. The van der Waals surface area contributed by atoms with Crippen molar-refractivity contribution >= 4 is 12.0 Å². The fourth-order valence-corrected chi connectivity index (χ4v) is 1.44. The lowest BCUT2D eigenvalue weighted by Gasteiger charge is -2.05. The SMILES string of the molecule is CCOC(=O)c1cc2c([nH]1)C=CNC2. The third kappa shape index (κ3) is 1.51. The minimum Gasteiger partial charge on any atom is -0.461 e. The molecule has 2 N–H and O–H groups in total. The van der Waals surface area contributed by atoms with E-state index in [-0.39, 0.29) is 5.97 Å². The molecule has 74 valence electrons. The second-order valence-corrected chi connectivity index (χ2v) is 3.06. The highest BCUT2D eigenvalue weighted by atomic mass is 16.5. The average Bonchev–Trinajstić information content (AvgIpc) is 2.61. The maximum Gasteiger partial charge on any atom is 0.354 e. The number of hydrogen-bond acceptors (Lipinski definition) is 3. The Hall–Kier alpha value is -1.71. The Balaban J connectivity index is 2.24. The largest absolute Gasteiger partial charge is 0.461 e. The molecular formula is C10H12N2O2. The number of H-pyrrole nitrogens is 1. The van der Waals surface area contributed by atoms with Crippen LogP contribution in [-0.4, -0.2) is 17.6 Å². The van der Waals surface area contributed by atoms with Crippen LogP contribution in [-0.2, 0) is 11.3 Å². The molecule has 0 saturated carbocycles. The first-order valence-electron chi connectivity index (χ1n) is 4.60. The molecule has 0 radical (unpaired) electrons. The highest BCUT2D eigenvalue weighted by Crippen LogP contribution is 2.16. The number of ether oxygens (including phenoxy) is 1. The molecule has 1 aliphatic heterocycles. The van der Waals surface area contributed by atoms with Gasteiger partial charge in [-0.1, -0.05) is 0 Å². The van der Waals surface area contributed by atoms with E-state index in [4.69, 9.17) is 4.74 Å². The van der Waals surface area contributed by atoms with E-state index in [0.29, 0.717) is 12.3 Å². The summed E-state index contributed by atoms with van der Waals surface area (Å²) >= 11 is 0. The highest BCUT2D eigenvalue weighted by molar-refractivity contribution is 5.88. The molecule has 0 atom stereocenters. The highest BCUT2D eigenvalue weighted by Gasteiger charge is 2.14. The second-order valence-electron chi connectivity index (χ2n) is 3.06. The van der Waals surface area contributed by atoms with Crippen LogP contribution >= 0.6 is 0 Å². The Morgan fingerprint density at radius 3 is 3.21 bits per heavy atom. The molecule has 1 aliphatic rings. The minimum atomic E-state index is -0.296. The molecule has 0 fully saturated rings. The zero-order valence-electron chi connectivity index (χ0n) is 7.96. The number of aromatic amines is 1. The Morgan fingerprint density at radius 2 is 2.50 bits per heavy atom. The van der Waals surface area contributed by atoms with Crippen LogP contribution in [0.1, 0.15) is 28.7 Å². The predicted octanol–water partition coefficient (Wildman–Crippen LogP) is 1.27. The molecule has 14 heavy (non-hydrogen) atoms. The van der Waals surface area contributed by atoms with Crippen molar-refractivity contribution in [3.8, 4) is 0 Å². The van der Waals surface area contributed by atoms with Crippen LogP contribution in [0.3, 0.4) is 0 Å². The summed E-state index contributed by atoms with van der Waals surface area (Å²) in [6.07, 6.45) is 3.76. The number of rotatable bonds is 2. The summed E-state index contributed by atoms with van der Waals surface area (Å²) < 4.78 is 4.89. The molecule has 0 bridgehead atoms. The first-order valence-corrected chi connectivity index (χ1v) is 4.60. The molecule has 0 aromatic carbocycles. The van der Waals surface area contributed by atoms with Crippen LogP contribution in [0.15, 0.2) is 12.3 Å². The molecule has 2 heterocycles. The summed E-state index contributed by atoms with van der Waals surface area (Å²) in [7, 11) is 0. The molecular weight excluding hydrogens is 180 g/mol. The Bertz CT molecular complexity index is 379. The molecule has 0 unspecified atom stereocenters. The van der Waals surface area contributed by atoms with Crippen LogP contribution in [0.2, 0.25) is 0 Å². The number of esters is 1. The molecule has 4 heteroatoms. The number of aromatic nitrogens is 1. The normalized spacial score (nSPS) is 13.2. The third-order valence-electron chi connectivity index (χ3n) is 2.09. The molecule has 1 aromatic heterocycles. The van der Waals surface area contributed by atoms with Gasteiger partial charge in [-0.25, -0.2) is 4.79 Å². The van der Waals surface area contributed by atoms with E-state index in [2.05, 4.69) is 10.3 Å². The van der Waals surface area contributed by atoms with Gasteiger partial charge in [0.15, 0.2) is 0 Å². The summed E-state index contributed by atoms with van der Waals surface area (Å²) in [5.74, 6) is -0.296. The van der Waals surface area contributed by atoms with E-state index >= 15 is 0 Å². The van der Waals surface area contributed by atoms with Crippen LogP contribution < -0.4 is 5.32 Å². The Morgan fingerprint density at radius 1 is 1.64 bits per heavy atom. The maximum atomic E-state index is 11.4. The van der Waals surface area contributed by atoms with Crippen molar-refractivity contribution < 1.29 is 9.53 Å². The lowest BCUT2D eigenvalue weighted by Crippen LogP contribution is -2.08. The number of carbonyl (C=O) groups excluding carboxylic acids is 1. The van der Waals surface area contributed by atoms with Crippen LogP contribution in [0, 0.1) is 0 Å². The second kappa shape index (κ2) is 3.57. The van der Waals surface area contributed by atoms with Crippen LogP contribution in [0.5, 0.6) is 0 Å². The quantitative estimate of drug-likeness (QED) is 0.694. The molecule has 0 spiro atoms. The van der Waals surface area contributed by atoms with Crippen molar-refractivity contribution in [2.75, 3.05) is 6.61 Å². The zero-order chi connectivity index (χ0) is 9.97. The molecule has 2 rings (SSSR count). The van der Waals surface area contributed by atoms with Gasteiger partial charge in [0.1, 0.15) is 5.69 Å². The minimum absolute atomic E-state index is 0.296. The fourth-order valence-electron chi connectivity index (χ4n) is 1.44. The van der Waals surface area contributed by atoms with Crippen molar-refractivity contribution in [3.05, 3.63) is 29.2 Å². The Kier molecular flexibility index (Phi) is 2.26. The summed E-state index contributed by atoms with van der Waals surface area (Å²) in [6.45, 7) is 2.94. The standard InChI is InChI=1S/C10H12N2O2/c1-2-14-10(13)9-5-7-6-11-4-3-8(7)12-9/h3-5,11-12H,2,6H2,1H3. The topological polar surface area (TPSA) is 54.1 Å². The Labute approximate surface area is 82.0 Å². The van der Waals surface area contributed by atoms with Crippen molar-refractivity contribution in [1.29, 1.82) is 0 Å². The third-order valence-corrected chi connectivity index (χ3v) is 2.09. The zero-order valence-corrected chi connectivity index (χ0v) is 7.96. The maximum absolute atomic E-state index is 11.4. The van der Waals surface area contributed by atoms with Gasteiger partial charge in [0.05, 0.1) is 6.61 Å². The van der Waals surface area contributed by atoms with Gasteiger partial charge in [0, 0.05) is 12.2 Å². The van der Waals surface area contributed by atoms with E-state index < -0.39 is 0 Å². The van der Waals surface area contributed by atoms with E-state index in [1.165, 1.54) is 0 Å². The van der Waals surface area contributed by atoms with Gasteiger partial charge < -0.3 is 15.0 Å². The first-order chi connectivity index (χ1) is 6.81. The van der Waals surface area contributed by atoms with Gasteiger partial charge >= 0.3 is 5.97 Å². The van der Waals surface area contributed by atoms with Crippen molar-refractivity contribution in [3.63, 3.8) is 0 Å². The van der Waals surface area contributed by atoms with Crippen molar-refractivity contribution in [2.45, 2.75) is 13.5 Å². The van der Waals surface area contributed by atoms with Crippen molar-refractivity contribution in [2.24, 2.45) is 0 Å². The predicted molar refractivity (Wildman–Crippen MR) is 52.6 cm³/mol. The van der Waals surface area contributed by atoms with Gasteiger partial charge in [-0.15, -0.1) is 0 Å². The molecule has 0 amide bonds. The van der Waals surface area contributed by atoms with Gasteiger partial charge in [-0.3, -0.25) is 0 Å². The summed E-state index contributed by atoms with van der Waals surface area (Å²) in [5.41, 5.74) is 2.59. The fraction of sp³-hybridized carbons (Fsp3) is 0.300. The molecule has 0 saturated heterocycles. The van der Waals surface area contributed by atoms with Crippen LogP contribution in [0.4, 0.5) is 0 Å². The number of fused-ring (bicyclic) bond motifs is 1. The lowest BCUT2D eigenvalue weighted by molar-refractivity contribution is 0.0520. The summed E-state index contributed by atoms with van der Waals surface area (Å²) in [5, 5.41) is 3.07. The number of nitrogens with one attached hydrogen (secondary N) is 2. The first kappa shape index (κ1) is 8.87. The monoisotopic (exact) mass is 192 g/mol. The van der Waals surface area contributed by atoms with Gasteiger partial charge in [-0.2, -0.15) is 0 Å². The van der Waals surface area contributed by atoms with Crippen LogP contribution in [0.25, 0.3) is 6.08 Å². The lowest BCUT2D eigenvalue weighted by atomic mass is 10.2.